The monoisotopic (exact) mass is 404 g/mol. The Morgan fingerprint density at radius 3 is 2.95 bits per heavy atom. The number of H-pyrrole nitrogens is 1. The van der Waals surface area contributed by atoms with Crippen molar-refractivity contribution in [1.82, 2.24) is 15.2 Å². The fraction of sp³-hybridized carbons (Fsp3) is 0.0625. The van der Waals surface area contributed by atoms with Crippen LogP contribution in [-0.2, 0) is 4.79 Å². The molecule has 0 aliphatic heterocycles. The van der Waals surface area contributed by atoms with Crippen LogP contribution < -0.4 is 5.32 Å². The van der Waals surface area contributed by atoms with Crippen molar-refractivity contribution in [3.05, 3.63) is 52.4 Å². The van der Waals surface area contributed by atoms with Gasteiger partial charge in [-0.2, -0.15) is 5.10 Å². The highest BCUT2D eigenvalue weighted by Gasteiger charge is 2.09. The van der Waals surface area contributed by atoms with Gasteiger partial charge in [0.2, 0.25) is 5.91 Å². The van der Waals surface area contributed by atoms with E-state index >= 15 is 0 Å². The first-order chi connectivity index (χ1) is 10.6. The van der Waals surface area contributed by atoms with Crippen LogP contribution in [0.15, 0.2) is 43.1 Å². The molecule has 2 aromatic heterocycles. The third kappa shape index (κ3) is 2.74. The number of pyridine rings is 1. The van der Waals surface area contributed by atoms with E-state index in [0.29, 0.717) is 5.65 Å². The zero-order chi connectivity index (χ0) is 15.7. The molecule has 0 radical (unpaired) electrons. The number of nitrogens with one attached hydrogen (secondary N) is 2. The lowest BCUT2D eigenvalue weighted by Gasteiger charge is -2.08. The predicted octanol–water partition coefficient (Wildman–Crippen LogP) is 3.66. The molecule has 0 spiro atoms. The number of benzene rings is 1. The number of carbonyl (C=O) groups excluding carboxylic acids is 1. The molecule has 0 aliphatic carbocycles. The van der Waals surface area contributed by atoms with Crippen molar-refractivity contribution >= 4 is 45.2 Å². The van der Waals surface area contributed by atoms with E-state index in [1.807, 2.05) is 31.2 Å². The second-order valence-electron chi connectivity index (χ2n) is 4.83. The Hall–Kier alpha value is -2.22. The van der Waals surface area contributed by atoms with Crippen molar-refractivity contribution in [3.63, 3.8) is 0 Å². The lowest BCUT2D eigenvalue weighted by atomic mass is 10.1. The highest BCUT2D eigenvalue weighted by molar-refractivity contribution is 14.1. The second kappa shape index (κ2) is 5.88. The largest absolute Gasteiger partial charge is 0.322 e. The molecule has 0 atom stereocenters. The zero-order valence-electron chi connectivity index (χ0n) is 11.9. The molecule has 1 amide bonds. The zero-order valence-corrected chi connectivity index (χ0v) is 14.0. The summed E-state index contributed by atoms with van der Waals surface area (Å²) in [6.07, 6.45) is 3.04. The number of amides is 1. The predicted molar refractivity (Wildman–Crippen MR) is 95.6 cm³/mol. The molecule has 0 saturated carbocycles. The van der Waals surface area contributed by atoms with Gasteiger partial charge in [-0.25, -0.2) is 4.98 Å². The number of fused-ring (bicyclic) bond motifs is 1. The van der Waals surface area contributed by atoms with Crippen LogP contribution >= 0.6 is 22.6 Å². The number of rotatable bonds is 3. The molecule has 6 heteroatoms. The van der Waals surface area contributed by atoms with Crippen LogP contribution in [0.3, 0.4) is 0 Å². The van der Waals surface area contributed by atoms with E-state index in [1.165, 1.54) is 6.08 Å². The minimum Gasteiger partial charge on any atom is -0.322 e. The number of aryl methyl sites for hydroxylation is 1. The topological polar surface area (TPSA) is 70.7 Å². The van der Waals surface area contributed by atoms with Crippen LogP contribution in [0.5, 0.6) is 0 Å². The number of halogens is 1. The summed E-state index contributed by atoms with van der Waals surface area (Å²) in [4.78, 5) is 15.9. The maximum Gasteiger partial charge on any atom is 0.247 e. The molecule has 0 fully saturated rings. The van der Waals surface area contributed by atoms with Gasteiger partial charge in [0.05, 0.1) is 5.69 Å². The molecular formula is C16H13IN4O. The Bertz CT molecular complexity index is 885. The van der Waals surface area contributed by atoms with Crippen molar-refractivity contribution in [2.45, 2.75) is 6.92 Å². The maximum atomic E-state index is 11.5. The number of nitrogens with zero attached hydrogens (tertiary/aromatic N) is 2. The molecule has 110 valence electrons. The molecular weight excluding hydrogens is 391 g/mol. The van der Waals surface area contributed by atoms with E-state index in [9.17, 15) is 4.79 Å². The number of hydrogen-bond donors (Lipinski definition) is 2. The normalized spacial score (nSPS) is 10.6. The Morgan fingerprint density at radius 2 is 2.18 bits per heavy atom. The van der Waals surface area contributed by atoms with E-state index in [4.69, 9.17) is 0 Å². The van der Waals surface area contributed by atoms with Crippen molar-refractivity contribution in [2.24, 2.45) is 0 Å². The van der Waals surface area contributed by atoms with Gasteiger partial charge in [-0.3, -0.25) is 9.89 Å². The molecule has 0 unspecified atom stereocenters. The standard InChI is InChI=1S/C16H13IN4O/c1-3-15(22)19-14-7-10(4-5-13(14)17)11-6-12-9(2)20-21-16(12)18-8-11/h3-8H,1H2,2H3,(H,19,22)(H,18,20,21). The Balaban J connectivity index is 2.06. The van der Waals surface area contributed by atoms with E-state index in [2.05, 4.69) is 49.7 Å². The number of anilines is 1. The minimum absolute atomic E-state index is 0.227. The first-order valence-electron chi connectivity index (χ1n) is 6.62. The number of aromatic nitrogens is 3. The Labute approximate surface area is 141 Å². The number of carbonyl (C=O) groups is 1. The minimum atomic E-state index is -0.227. The summed E-state index contributed by atoms with van der Waals surface area (Å²) in [5, 5.41) is 10.9. The fourth-order valence-corrected chi connectivity index (χ4v) is 2.63. The average Bonchev–Trinajstić information content (AvgIpc) is 2.90. The third-order valence-corrected chi connectivity index (χ3v) is 4.28. The Kier molecular flexibility index (Phi) is 3.93. The summed E-state index contributed by atoms with van der Waals surface area (Å²) < 4.78 is 0.963. The molecule has 2 heterocycles. The molecule has 1 aromatic carbocycles. The molecule has 3 aromatic rings. The van der Waals surface area contributed by atoms with Gasteiger partial charge in [0.1, 0.15) is 0 Å². The van der Waals surface area contributed by atoms with Gasteiger partial charge in [-0.05, 0) is 59.4 Å². The second-order valence-corrected chi connectivity index (χ2v) is 5.99. The van der Waals surface area contributed by atoms with Gasteiger partial charge < -0.3 is 5.32 Å². The highest BCUT2D eigenvalue weighted by atomic mass is 127. The molecule has 5 nitrogen and oxygen atoms in total. The van der Waals surface area contributed by atoms with Gasteiger partial charge in [-0.15, -0.1) is 0 Å². The van der Waals surface area contributed by atoms with Crippen LogP contribution in [0, 0.1) is 10.5 Å². The van der Waals surface area contributed by atoms with Crippen LogP contribution in [-0.4, -0.2) is 21.1 Å². The smallest absolute Gasteiger partial charge is 0.247 e. The molecule has 0 aliphatic rings. The van der Waals surface area contributed by atoms with Crippen LogP contribution in [0.1, 0.15) is 5.69 Å². The average molecular weight is 404 g/mol. The SMILES string of the molecule is C=CC(=O)Nc1cc(-c2cnc3n[nH]c(C)c3c2)ccc1I. The van der Waals surface area contributed by atoms with Gasteiger partial charge in [0.25, 0.3) is 0 Å². The van der Waals surface area contributed by atoms with Gasteiger partial charge in [0.15, 0.2) is 5.65 Å². The van der Waals surface area contributed by atoms with Gasteiger partial charge in [0, 0.05) is 26.4 Å². The molecule has 3 rings (SSSR count). The van der Waals surface area contributed by atoms with E-state index < -0.39 is 0 Å². The van der Waals surface area contributed by atoms with Gasteiger partial charge in [-0.1, -0.05) is 12.6 Å². The summed E-state index contributed by atoms with van der Waals surface area (Å²) in [5.41, 5.74) is 4.39. The lowest BCUT2D eigenvalue weighted by Crippen LogP contribution is -2.08. The van der Waals surface area contributed by atoms with Crippen LogP contribution in [0.25, 0.3) is 22.2 Å². The highest BCUT2D eigenvalue weighted by Crippen LogP contribution is 2.28. The fourth-order valence-electron chi connectivity index (χ4n) is 2.16. The number of aromatic amines is 1. The van der Waals surface area contributed by atoms with Crippen molar-refractivity contribution in [3.8, 4) is 11.1 Å². The van der Waals surface area contributed by atoms with Crippen molar-refractivity contribution in [2.75, 3.05) is 5.32 Å². The van der Waals surface area contributed by atoms with Gasteiger partial charge >= 0.3 is 0 Å². The summed E-state index contributed by atoms with van der Waals surface area (Å²) in [5.74, 6) is -0.227. The van der Waals surface area contributed by atoms with E-state index in [-0.39, 0.29) is 5.91 Å². The maximum absolute atomic E-state index is 11.5. The molecule has 2 N–H and O–H groups in total. The van der Waals surface area contributed by atoms with Crippen molar-refractivity contribution in [1.29, 1.82) is 0 Å². The summed E-state index contributed by atoms with van der Waals surface area (Å²) in [6, 6.07) is 7.94. The van der Waals surface area contributed by atoms with Crippen LogP contribution in [0.4, 0.5) is 5.69 Å². The lowest BCUT2D eigenvalue weighted by molar-refractivity contribution is -0.111. The first-order valence-corrected chi connectivity index (χ1v) is 7.70. The number of hydrogen-bond acceptors (Lipinski definition) is 3. The first kappa shape index (κ1) is 14.7. The Morgan fingerprint density at radius 1 is 1.36 bits per heavy atom. The summed E-state index contributed by atoms with van der Waals surface area (Å²) in [6.45, 7) is 5.43. The third-order valence-electron chi connectivity index (χ3n) is 3.34. The summed E-state index contributed by atoms with van der Waals surface area (Å²) in [7, 11) is 0. The van der Waals surface area contributed by atoms with Crippen molar-refractivity contribution < 1.29 is 4.79 Å². The van der Waals surface area contributed by atoms with E-state index in [1.54, 1.807) is 6.20 Å². The molecule has 0 bridgehead atoms. The van der Waals surface area contributed by atoms with Crippen LogP contribution in [0.2, 0.25) is 0 Å². The summed E-state index contributed by atoms with van der Waals surface area (Å²) >= 11 is 2.18. The quantitative estimate of drug-likeness (QED) is 0.517. The molecule has 0 saturated heterocycles. The van der Waals surface area contributed by atoms with E-state index in [0.717, 1.165) is 31.5 Å². The molecule has 22 heavy (non-hydrogen) atoms.